The van der Waals surface area contributed by atoms with E-state index in [1.165, 1.54) is 23.3 Å². The van der Waals surface area contributed by atoms with Gasteiger partial charge in [-0.15, -0.1) is 0 Å². The summed E-state index contributed by atoms with van der Waals surface area (Å²) in [6.45, 7) is 5.63. The number of thioether (sulfide) groups is 1. The fourth-order valence-corrected chi connectivity index (χ4v) is 2.84. The highest BCUT2D eigenvalue weighted by Crippen LogP contribution is 2.25. The van der Waals surface area contributed by atoms with Crippen molar-refractivity contribution in [2.45, 2.75) is 37.7 Å². The van der Waals surface area contributed by atoms with E-state index in [0.717, 1.165) is 0 Å². The fraction of sp³-hybridized carbons (Fsp3) is 0.429. The second kappa shape index (κ2) is 6.35. The topological polar surface area (TPSA) is 89.8 Å². The number of nitrogens with zero attached hydrogens (tertiary/aromatic N) is 3. The van der Waals surface area contributed by atoms with E-state index in [9.17, 15) is 14.4 Å². The highest BCUT2D eigenvalue weighted by atomic mass is 32.2. The molecule has 0 aliphatic carbocycles. The minimum absolute atomic E-state index is 0.0254. The van der Waals surface area contributed by atoms with Gasteiger partial charge in [-0.05, 0) is 20.8 Å². The lowest BCUT2D eigenvalue weighted by Crippen LogP contribution is -2.29. The van der Waals surface area contributed by atoms with E-state index in [1.807, 2.05) is 19.1 Å². The fourth-order valence-electron chi connectivity index (χ4n) is 1.93. The number of nitrogens with one attached hydrogen (secondary N) is 1. The molecule has 8 heteroatoms. The first-order chi connectivity index (χ1) is 10.4. The first-order valence-electron chi connectivity index (χ1n) is 6.84. The van der Waals surface area contributed by atoms with Crippen molar-refractivity contribution in [2.24, 2.45) is 7.05 Å². The van der Waals surface area contributed by atoms with Crippen molar-refractivity contribution in [3.05, 3.63) is 33.0 Å². The van der Waals surface area contributed by atoms with E-state index in [-0.39, 0.29) is 11.0 Å². The summed E-state index contributed by atoms with van der Waals surface area (Å²) < 4.78 is 3.02. The van der Waals surface area contributed by atoms with Gasteiger partial charge in [0, 0.05) is 13.6 Å². The third-order valence-electron chi connectivity index (χ3n) is 3.35. The summed E-state index contributed by atoms with van der Waals surface area (Å²) in [5.74, 6) is 0.0254. The number of rotatable bonds is 5. The van der Waals surface area contributed by atoms with Crippen molar-refractivity contribution in [2.75, 3.05) is 0 Å². The summed E-state index contributed by atoms with van der Waals surface area (Å²) in [5, 5.41) is 0.264. The van der Waals surface area contributed by atoms with E-state index < -0.39 is 11.2 Å². The number of hydrogen-bond donors (Lipinski definition) is 1. The van der Waals surface area contributed by atoms with Crippen LogP contribution in [0.2, 0.25) is 0 Å². The number of H-pyrrole nitrogens is 1. The minimum Gasteiger partial charge on any atom is -0.309 e. The molecule has 0 spiro atoms. The molecule has 2 heterocycles. The van der Waals surface area contributed by atoms with Crippen LogP contribution < -0.4 is 11.2 Å². The second-order valence-corrected chi connectivity index (χ2v) is 6.24. The predicted molar refractivity (Wildman–Crippen MR) is 86.4 cm³/mol. The number of fused-ring (bicyclic) bond motifs is 1. The smallest absolute Gasteiger partial charge is 0.309 e. The first kappa shape index (κ1) is 16.3. The maximum atomic E-state index is 12.1. The molecule has 0 aliphatic heterocycles. The summed E-state index contributed by atoms with van der Waals surface area (Å²) in [4.78, 5) is 42.0. The van der Waals surface area contributed by atoms with Crippen LogP contribution in [0.1, 0.15) is 20.8 Å². The molecule has 0 bridgehead atoms. The van der Waals surface area contributed by atoms with Crippen LogP contribution in [0.4, 0.5) is 0 Å². The molecule has 0 radical (unpaired) electrons. The monoisotopic (exact) mass is 322 g/mol. The van der Waals surface area contributed by atoms with Gasteiger partial charge in [0.1, 0.15) is 5.78 Å². The molecule has 0 amide bonds. The van der Waals surface area contributed by atoms with E-state index in [2.05, 4.69) is 9.97 Å². The van der Waals surface area contributed by atoms with Crippen LogP contribution in [0.15, 0.2) is 26.9 Å². The number of ketones is 1. The van der Waals surface area contributed by atoms with Crippen molar-refractivity contribution >= 4 is 28.7 Å². The number of aromatic nitrogens is 4. The first-order valence-corrected chi connectivity index (χ1v) is 7.72. The normalized spacial score (nSPS) is 13.1. The number of carbonyl (C=O) groups is 1. The summed E-state index contributed by atoms with van der Waals surface area (Å²) >= 11 is 1.28. The third-order valence-corrected chi connectivity index (χ3v) is 4.56. The third kappa shape index (κ3) is 2.92. The molecule has 0 aliphatic rings. The van der Waals surface area contributed by atoms with Crippen molar-refractivity contribution in [1.82, 2.24) is 19.1 Å². The van der Waals surface area contributed by atoms with Crippen molar-refractivity contribution < 1.29 is 4.79 Å². The highest BCUT2D eigenvalue weighted by Gasteiger charge is 2.20. The van der Waals surface area contributed by atoms with Gasteiger partial charge in [-0.2, -0.15) is 0 Å². The molecular weight excluding hydrogens is 304 g/mol. The Bertz CT molecular complexity index is 859. The van der Waals surface area contributed by atoms with Gasteiger partial charge in [0.15, 0.2) is 16.3 Å². The Hall–Kier alpha value is -2.09. The SMILES string of the molecule is C/C=C/Cn1c(S[C@H](C)C(C)=O)nc2c1c(=O)[nH]c(=O)n2C. The quantitative estimate of drug-likeness (QED) is 0.657. The Morgan fingerprint density at radius 1 is 1.45 bits per heavy atom. The van der Waals surface area contributed by atoms with Gasteiger partial charge in [0.05, 0.1) is 5.25 Å². The molecule has 2 aromatic heterocycles. The van der Waals surface area contributed by atoms with E-state index in [4.69, 9.17) is 0 Å². The van der Waals surface area contributed by atoms with Crippen LogP contribution in [-0.4, -0.2) is 30.1 Å². The molecule has 1 atom stereocenters. The lowest BCUT2D eigenvalue weighted by Gasteiger charge is -2.08. The Balaban J connectivity index is 2.72. The number of imidazole rings is 1. The molecule has 22 heavy (non-hydrogen) atoms. The van der Waals surface area contributed by atoms with E-state index >= 15 is 0 Å². The highest BCUT2D eigenvalue weighted by molar-refractivity contribution is 8.00. The zero-order chi connectivity index (χ0) is 16.4. The van der Waals surface area contributed by atoms with E-state index in [1.54, 1.807) is 18.5 Å². The Morgan fingerprint density at radius 2 is 2.14 bits per heavy atom. The number of hydrogen-bond acceptors (Lipinski definition) is 5. The predicted octanol–water partition coefficient (Wildman–Crippen LogP) is 1.07. The molecule has 0 aromatic carbocycles. The van der Waals surface area contributed by atoms with Crippen LogP contribution in [0, 0.1) is 0 Å². The lowest BCUT2D eigenvalue weighted by molar-refractivity contribution is -0.116. The van der Waals surface area contributed by atoms with Crippen LogP contribution >= 0.6 is 11.8 Å². The molecule has 0 unspecified atom stereocenters. The summed E-state index contributed by atoms with van der Waals surface area (Å²) in [5.41, 5.74) is -0.336. The van der Waals surface area contributed by atoms with Gasteiger partial charge in [-0.3, -0.25) is 19.1 Å². The van der Waals surface area contributed by atoms with Crippen LogP contribution in [-0.2, 0) is 18.4 Å². The maximum Gasteiger partial charge on any atom is 0.329 e. The van der Waals surface area contributed by atoms with Crippen LogP contribution in [0.25, 0.3) is 11.2 Å². The average molecular weight is 322 g/mol. The average Bonchev–Trinajstić information content (AvgIpc) is 2.81. The molecule has 2 rings (SSSR count). The van der Waals surface area contributed by atoms with Gasteiger partial charge < -0.3 is 4.57 Å². The molecule has 0 saturated carbocycles. The zero-order valence-corrected chi connectivity index (χ0v) is 13.7. The van der Waals surface area contributed by atoms with Crippen LogP contribution in [0.5, 0.6) is 0 Å². The second-order valence-electron chi connectivity index (χ2n) is 4.94. The van der Waals surface area contributed by atoms with Gasteiger partial charge in [0.2, 0.25) is 0 Å². The summed E-state index contributed by atoms with van der Waals surface area (Å²) in [6, 6.07) is 0. The summed E-state index contributed by atoms with van der Waals surface area (Å²) in [7, 11) is 1.55. The number of allylic oxidation sites excluding steroid dienone is 2. The number of carbonyl (C=O) groups excluding carboxylic acids is 1. The number of aryl methyl sites for hydroxylation is 1. The van der Waals surface area contributed by atoms with Crippen molar-refractivity contribution in [3.63, 3.8) is 0 Å². The summed E-state index contributed by atoms with van der Waals surface area (Å²) in [6.07, 6.45) is 3.75. The van der Waals surface area contributed by atoms with E-state index in [0.29, 0.717) is 22.9 Å². The number of aromatic amines is 1. The van der Waals surface area contributed by atoms with Crippen molar-refractivity contribution in [1.29, 1.82) is 0 Å². The Morgan fingerprint density at radius 3 is 2.73 bits per heavy atom. The molecule has 7 nitrogen and oxygen atoms in total. The van der Waals surface area contributed by atoms with Gasteiger partial charge >= 0.3 is 5.69 Å². The zero-order valence-electron chi connectivity index (χ0n) is 12.9. The largest absolute Gasteiger partial charge is 0.329 e. The molecule has 0 fully saturated rings. The molecule has 1 N–H and O–H groups in total. The molecule has 118 valence electrons. The van der Waals surface area contributed by atoms with Crippen molar-refractivity contribution in [3.8, 4) is 0 Å². The maximum absolute atomic E-state index is 12.1. The van der Waals surface area contributed by atoms with Gasteiger partial charge in [0.25, 0.3) is 5.56 Å². The standard InChI is InChI=1S/C14H18N4O3S/c1-5-6-7-18-10-11(17(4)13(21)16-12(10)20)15-14(18)22-9(3)8(2)19/h5-6,9H,7H2,1-4H3,(H,16,20,21)/b6-5+/t9-/m1/s1. The van der Waals surface area contributed by atoms with Gasteiger partial charge in [-0.1, -0.05) is 23.9 Å². The lowest BCUT2D eigenvalue weighted by atomic mass is 10.3. The Labute approximate surface area is 131 Å². The van der Waals surface area contributed by atoms with Crippen LogP contribution in [0.3, 0.4) is 0 Å². The number of Topliss-reactive ketones (excluding diaryl/α,β-unsaturated/α-hetero) is 1. The Kier molecular flexibility index (Phi) is 4.70. The molecule has 2 aromatic rings. The minimum atomic E-state index is -0.510. The molecule has 0 saturated heterocycles. The molecular formula is C14H18N4O3S. The van der Waals surface area contributed by atoms with Gasteiger partial charge in [-0.25, -0.2) is 9.78 Å².